The highest BCUT2D eigenvalue weighted by atomic mass is 79.9. The molecule has 0 saturated carbocycles. The first-order chi connectivity index (χ1) is 7.08. The number of hydrogen-bond donors (Lipinski definition) is 0. The second-order valence-electron chi connectivity index (χ2n) is 3.91. The molecule has 0 aromatic heterocycles. The monoisotopic (exact) mass is 288 g/mol. The Labute approximate surface area is 105 Å². The van der Waals surface area contributed by atoms with Crippen LogP contribution in [0, 0.1) is 5.92 Å². The standard InChI is InChI=1S/C12H17BrOS/c1-8(2)5-9-6-10(13)12(14-3)11(7-9)15-4/h6-8H,5H2,1-4H3. The summed E-state index contributed by atoms with van der Waals surface area (Å²) in [6, 6.07) is 4.37. The van der Waals surface area contributed by atoms with E-state index in [1.54, 1.807) is 18.9 Å². The van der Waals surface area contributed by atoms with Gasteiger partial charge in [-0.2, -0.15) is 0 Å². The Balaban J connectivity index is 3.08. The van der Waals surface area contributed by atoms with Crippen molar-refractivity contribution in [1.82, 2.24) is 0 Å². The summed E-state index contributed by atoms with van der Waals surface area (Å²) in [7, 11) is 1.71. The predicted molar refractivity (Wildman–Crippen MR) is 71.0 cm³/mol. The van der Waals surface area contributed by atoms with E-state index in [2.05, 4.69) is 48.2 Å². The molecule has 1 nitrogen and oxygen atoms in total. The Kier molecular flexibility index (Phi) is 5.00. The van der Waals surface area contributed by atoms with Crippen molar-refractivity contribution in [3.63, 3.8) is 0 Å². The molecule has 0 aliphatic carbocycles. The maximum atomic E-state index is 5.36. The van der Waals surface area contributed by atoms with Gasteiger partial charge < -0.3 is 4.74 Å². The van der Waals surface area contributed by atoms with Crippen molar-refractivity contribution in [1.29, 1.82) is 0 Å². The molecule has 0 aliphatic heterocycles. The Morgan fingerprint density at radius 2 is 2.07 bits per heavy atom. The van der Waals surface area contributed by atoms with Gasteiger partial charge in [0.1, 0.15) is 5.75 Å². The van der Waals surface area contributed by atoms with E-state index in [9.17, 15) is 0 Å². The summed E-state index contributed by atoms with van der Waals surface area (Å²) >= 11 is 5.27. The van der Waals surface area contributed by atoms with Crippen LogP contribution in [0.4, 0.5) is 0 Å². The lowest BCUT2D eigenvalue weighted by Crippen LogP contribution is -1.96. The van der Waals surface area contributed by atoms with Crippen molar-refractivity contribution < 1.29 is 4.74 Å². The highest BCUT2D eigenvalue weighted by molar-refractivity contribution is 9.10. The lowest BCUT2D eigenvalue weighted by atomic mass is 10.0. The number of thioether (sulfide) groups is 1. The van der Waals surface area contributed by atoms with Crippen LogP contribution in [0.3, 0.4) is 0 Å². The van der Waals surface area contributed by atoms with Crippen molar-refractivity contribution in [2.45, 2.75) is 25.2 Å². The minimum absolute atomic E-state index is 0.681. The van der Waals surface area contributed by atoms with E-state index < -0.39 is 0 Å². The van der Waals surface area contributed by atoms with Gasteiger partial charge in [0, 0.05) is 0 Å². The van der Waals surface area contributed by atoms with Crippen LogP contribution >= 0.6 is 27.7 Å². The molecule has 0 spiro atoms. The zero-order chi connectivity index (χ0) is 11.4. The number of hydrogen-bond acceptors (Lipinski definition) is 2. The van der Waals surface area contributed by atoms with Gasteiger partial charge >= 0.3 is 0 Å². The van der Waals surface area contributed by atoms with Crippen molar-refractivity contribution in [2.24, 2.45) is 5.92 Å². The summed E-state index contributed by atoms with van der Waals surface area (Å²) < 4.78 is 6.41. The van der Waals surface area contributed by atoms with Gasteiger partial charge in [-0.1, -0.05) is 13.8 Å². The summed E-state index contributed by atoms with van der Waals surface area (Å²) in [5, 5.41) is 0. The van der Waals surface area contributed by atoms with Crippen LogP contribution in [0.25, 0.3) is 0 Å². The molecule has 0 aliphatic rings. The molecule has 0 fully saturated rings. The number of ether oxygens (including phenoxy) is 1. The van der Waals surface area contributed by atoms with Crippen LogP contribution in [0.2, 0.25) is 0 Å². The molecule has 0 radical (unpaired) electrons. The molecule has 0 bridgehead atoms. The number of methoxy groups -OCH3 is 1. The fourth-order valence-electron chi connectivity index (χ4n) is 1.56. The summed E-state index contributed by atoms with van der Waals surface area (Å²) in [4.78, 5) is 1.20. The largest absolute Gasteiger partial charge is 0.494 e. The summed E-state index contributed by atoms with van der Waals surface area (Å²) in [5.41, 5.74) is 1.36. The molecule has 0 unspecified atom stereocenters. The van der Waals surface area contributed by atoms with Crippen LogP contribution in [0.15, 0.2) is 21.5 Å². The Morgan fingerprint density at radius 1 is 1.40 bits per heavy atom. The van der Waals surface area contributed by atoms with Crippen molar-refractivity contribution >= 4 is 27.7 Å². The number of rotatable bonds is 4. The van der Waals surface area contributed by atoms with Gasteiger partial charge in [-0.25, -0.2) is 0 Å². The molecule has 0 N–H and O–H groups in total. The van der Waals surface area contributed by atoms with E-state index >= 15 is 0 Å². The topological polar surface area (TPSA) is 9.23 Å². The van der Waals surface area contributed by atoms with E-state index in [0.29, 0.717) is 5.92 Å². The first kappa shape index (κ1) is 12.9. The van der Waals surface area contributed by atoms with Gasteiger partial charge in [-0.15, -0.1) is 11.8 Å². The van der Waals surface area contributed by atoms with Crippen LogP contribution in [-0.4, -0.2) is 13.4 Å². The predicted octanol–water partition coefficient (Wildman–Crippen LogP) is 4.38. The van der Waals surface area contributed by atoms with E-state index in [-0.39, 0.29) is 0 Å². The van der Waals surface area contributed by atoms with Gasteiger partial charge in [-0.3, -0.25) is 0 Å². The molecule has 0 atom stereocenters. The molecule has 84 valence electrons. The zero-order valence-corrected chi connectivity index (χ0v) is 12.0. The van der Waals surface area contributed by atoms with Gasteiger partial charge in [0.25, 0.3) is 0 Å². The van der Waals surface area contributed by atoms with Crippen molar-refractivity contribution in [3.8, 4) is 5.75 Å². The molecule has 0 amide bonds. The van der Waals surface area contributed by atoms with E-state index in [0.717, 1.165) is 16.6 Å². The van der Waals surface area contributed by atoms with E-state index in [4.69, 9.17) is 4.74 Å². The molecule has 1 rings (SSSR count). The minimum atomic E-state index is 0.681. The van der Waals surface area contributed by atoms with Gasteiger partial charge in [0.05, 0.1) is 16.5 Å². The number of halogens is 1. The molecule has 1 aromatic carbocycles. The van der Waals surface area contributed by atoms with Crippen LogP contribution in [-0.2, 0) is 6.42 Å². The maximum absolute atomic E-state index is 5.36. The number of benzene rings is 1. The molecular weight excluding hydrogens is 272 g/mol. The second-order valence-corrected chi connectivity index (χ2v) is 5.61. The molecule has 15 heavy (non-hydrogen) atoms. The lowest BCUT2D eigenvalue weighted by molar-refractivity contribution is 0.401. The quantitative estimate of drug-likeness (QED) is 0.761. The molecule has 0 heterocycles. The van der Waals surface area contributed by atoms with Crippen LogP contribution in [0.1, 0.15) is 19.4 Å². The summed E-state index contributed by atoms with van der Waals surface area (Å²) in [5.74, 6) is 1.62. The van der Waals surface area contributed by atoms with E-state index in [1.165, 1.54) is 10.5 Å². The third kappa shape index (κ3) is 3.42. The van der Waals surface area contributed by atoms with Gasteiger partial charge in [0.15, 0.2) is 0 Å². The first-order valence-electron chi connectivity index (χ1n) is 4.98. The Morgan fingerprint density at radius 3 is 2.53 bits per heavy atom. The second kappa shape index (κ2) is 5.80. The van der Waals surface area contributed by atoms with E-state index in [1.807, 2.05) is 0 Å². The Hall–Kier alpha value is -0.150. The minimum Gasteiger partial charge on any atom is -0.494 e. The summed E-state index contributed by atoms with van der Waals surface area (Å²) in [6.45, 7) is 4.47. The maximum Gasteiger partial charge on any atom is 0.146 e. The average Bonchev–Trinajstić information content (AvgIpc) is 2.15. The zero-order valence-electron chi connectivity index (χ0n) is 9.63. The SMILES string of the molecule is COc1c(Br)cc(CC(C)C)cc1SC. The third-order valence-corrected chi connectivity index (χ3v) is 3.47. The fourth-order valence-corrected chi connectivity index (χ4v) is 3.01. The average molecular weight is 289 g/mol. The lowest BCUT2D eigenvalue weighted by Gasteiger charge is -2.12. The molecule has 3 heteroatoms. The van der Waals surface area contributed by atoms with Crippen molar-refractivity contribution in [2.75, 3.05) is 13.4 Å². The van der Waals surface area contributed by atoms with Crippen LogP contribution < -0.4 is 4.74 Å². The highest BCUT2D eigenvalue weighted by Crippen LogP contribution is 2.36. The molecule has 1 aromatic rings. The van der Waals surface area contributed by atoms with Gasteiger partial charge in [-0.05, 0) is 52.2 Å². The fraction of sp³-hybridized carbons (Fsp3) is 0.500. The van der Waals surface area contributed by atoms with Crippen LogP contribution in [0.5, 0.6) is 5.75 Å². The Bertz CT molecular complexity index is 337. The highest BCUT2D eigenvalue weighted by Gasteiger charge is 2.09. The third-order valence-electron chi connectivity index (χ3n) is 2.14. The normalized spacial score (nSPS) is 10.8. The smallest absolute Gasteiger partial charge is 0.146 e. The van der Waals surface area contributed by atoms with Gasteiger partial charge in [0.2, 0.25) is 0 Å². The summed E-state index contributed by atoms with van der Waals surface area (Å²) in [6.07, 6.45) is 3.18. The van der Waals surface area contributed by atoms with Crippen molar-refractivity contribution in [3.05, 3.63) is 22.2 Å². The first-order valence-corrected chi connectivity index (χ1v) is 7.00. The molecular formula is C12H17BrOS. The molecule has 0 saturated heterocycles.